The fourth-order valence-electron chi connectivity index (χ4n) is 5.19. The van der Waals surface area contributed by atoms with Crippen molar-refractivity contribution in [2.45, 2.75) is 72.6 Å². The van der Waals surface area contributed by atoms with E-state index in [9.17, 15) is 0 Å². The molecule has 1 unspecified atom stereocenters. The maximum Gasteiger partial charge on any atom is -0.0253 e. The van der Waals surface area contributed by atoms with Gasteiger partial charge in [-0.15, -0.1) is 12.5 Å². The zero-order chi connectivity index (χ0) is 30.5. The van der Waals surface area contributed by atoms with Gasteiger partial charge < -0.3 is 24.8 Å². The van der Waals surface area contributed by atoms with Crippen LogP contribution in [-0.4, -0.2) is 3.21 Å². The molecule has 6 rings (SSSR count). The Balaban J connectivity index is 0.000000258. The van der Waals surface area contributed by atoms with E-state index in [4.69, 9.17) is 0 Å². The number of halogens is 2. The first-order valence-corrected chi connectivity index (χ1v) is 16.2. The van der Waals surface area contributed by atoms with E-state index >= 15 is 0 Å². The molecule has 0 aliphatic heterocycles. The van der Waals surface area contributed by atoms with Gasteiger partial charge in [-0.2, -0.15) is 35.9 Å². The molecule has 0 heterocycles. The summed E-state index contributed by atoms with van der Waals surface area (Å²) in [5.41, 5.74) is 12.8. The number of rotatable bonds is 2. The van der Waals surface area contributed by atoms with Gasteiger partial charge in [0.15, 0.2) is 0 Å². The van der Waals surface area contributed by atoms with Gasteiger partial charge in [-0.3, -0.25) is 6.08 Å². The Labute approximate surface area is 294 Å². The summed E-state index contributed by atoms with van der Waals surface area (Å²) in [7, 11) is 0. The Hall–Kier alpha value is -2.31. The second kappa shape index (κ2) is 16.3. The van der Waals surface area contributed by atoms with Crippen LogP contribution in [0.3, 0.4) is 0 Å². The van der Waals surface area contributed by atoms with Crippen LogP contribution >= 0.6 is 0 Å². The van der Waals surface area contributed by atoms with Crippen molar-refractivity contribution >= 4 is 3.21 Å². The van der Waals surface area contributed by atoms with Gasteiger partial charge in [0, 0.05) is 0 Å². The Kier molecular flexibility index (Phi) is 14.0. The first kappa shape index (κ1) is 37.9. The molecule has 2 aliphatic carbocycles. The van der Waals surface area contributed by atoms with Gasteiger partial charge in [0.1, 0.15) is 0 Å². The third-order valence-corrected chi connectivity index (χ3v) is 9.20. The molecular weight excluding hydrogens is 655 g/mol. The van der Waals surface area contributed by atoms with E-state index in [1.54, 1.807) is 0 Å². The van der Waals surface area contributed by atoms with E-state index in [0.29, 0.717) is 5.92 Å². The quantitative estimate of drug-likeness (QED) is 0.240. The number of benzene rings is 4. The van der Waals surface area contributed by atoms with E-state index in [2.05, 4.69) is 159 Å². The predicted molar refractivity (Wildman–Crippen MR) is 178 cm³/mol. The van der Waals surface area contributed by atoms with Crippen LogP contribution in [0.4, 0.5) is 0 Å². The molecule has 0 fully saturated rings. The largest absolute Gasteiger partial charge is 1.00 e. The van der Waals surface area contributed by atoms with Crippen LogP contribution < -0.4 is 24.8 Å². The van der Waals surface area contributed by atoms with E-state index in [0.717, 1.165) is 6.42 Å². The maximum atomic E-state index is 3.30. The average Bonchev–Trinajstić information content (AvgIpc) is 3.54. The number of hydrogen-bond donors (Lipinski definition) is 0. The molecule has 0 saturated carbocycles. The third-order valence-electron chi connectivity index (χ3n) is 7.78. The van der Waals surface area contributed by atoms with Crippen molar-refractivity contribution in [3.63, 3.8) is 0 Å². The Morgan fingerprint density at radius 1 is 0.705 bits per heavy atom. The predicted octanol–water partition coefficient (Wildman–Crippen LogP) is 4.40. The second-order valence-corrected chi connectivity index (χ2v) is 14.7. The Morgan fingerprint density at radius 3 is 1.64 bits per heavy atom. The molecule has 4 aromatic carbocycles. The Bertz CT molecular complexity index is 1470. The van der Waals surface area contributed by atoms with Crippen molar-refractivity contribution in [2.24, 2.45) is 5.92 Å². The van der Waals surface area contributed by atoms with Crippen molar-refractivity contribution in [1.29, 1.82) is 0 Å². The second-order valence-electron chi connectivity index (χ2n) is 13.4. The van der Waals surface area contributed by atoms with Crippen molar-refractivity contribution in [1.82, 2.24) is 0 Å². The van der Waals surface area contributed by atoms with Gasteiger partial charge in [0.2, 0.25) is 0 Å². The minimum Gasteiger partial charge on any atom is -1.00 e. The van der Waals surface area contributed by atoms with Crippen LogP contribution in [-0.2, 0) is 41.5 Å². The van der Waals surface area contributed by atoms with E-state index in [1.165, 1.54) is 77.5 Å². The fourth-order valence-corrected chi connectivity index (χ4v) is 6.01. The molecule has 0 saturated heterocycles. The molecule has 4 aromatic rings. The van der Waals surface area contributed by atoms with Crippen LogP contribution in [0, 0.1) is 18.1 Å². The minimum absolute atomic E-state index is 0. The van der Waals surface area contributed by atoms with Crippen molar-refractivity contribution in [3.8, 4) is 11.1 Å². The van der Waals surface area contributed by atoms with Gasteiger partial charge in [0.05, 0.1) is 0 Å². The molecule has 0 amide bonds. The van der Waals surface area contributed by atoms with Crippen molar-refractivity contribution in [2.75, 3.05) is 0 Å². The Morgan fingerprint density at radius 2 is 1.20 bits per heavy atom. The van der Waals surface area contributed by atoms with E-state index in [1.807, 2.05) is 12.1 Å². The molecule has 0 N–H and O–H groups in total. The molecule has 0 nitrogen and oxygen atoms in total. The summed E-state index contributed by atoms with van der Waals surface area (Å²) in [6.45, 7) is 17.8. The maximum absolute atomic E-state index is 3.30. The van der Waals surface area contributed by atoms with Gasteiger partial charge in [0.25, 0.3) is 0 Å². The van der Waals surface area contributed by atoms with Crippen LogP contribution in [0.2, 0.25) is 0 Å². The molecule has 1 atom stereocenters. The zero-order valence-electron chi connectivity index (χ0n) is 27.4. The normalized spacial score (nSPS) is 14.3. The summed E-state index contributed by atoms with van der Waals surface area (Å²) in [5, 5.41) is 0. The van der Waals surface area contributed by atoms with Crippen LogP contribution in [0.15, 0.2) is 109 Å². The molecule has 0 radical (unpaired) electrons. The average molecular weight is 699 g/mol. The van der Waals surface area contributed by atoms with Crippen LogP contribution in [0.25, 0.3) is 11.1 Å². The van der Waals surface area contributed by atoms with Gasteiger partial charge in [-0.1, -0.05) is 48.2 Å². The number of fused-ring (bicyclic) bond motifs is 3. The number of hydrogen-bond acceptors (Lipinski definition) is 0. The molecule has 44 heavy (non-hydrogen) atoms. The third kappa shape index (κ3) is 10.1. The minimum atomic E-state index is 0. The summed E-state index contributed by atoms with van der Waals surface area (Å²) >= 11 is 1.46. The summed E-state index contributed by atoms with van der Waals surface area (Å²) < 4.78 is 1.42. The summed E-state index contributed by atoms with van der Waals surface area (Å²) in [4.78, 5) is 0. The molecule has 2 aliphatic rings. The molecule has 0 bridgehead atoms. The summed E-state index contributed by atoms with van der Waals surface area (Å²) in [6.07, 6.45) is 8.43. The first-order chi connectivity index (χ1) is 19.8. The monoisotopic (exact) mass is 696 g/mol. The first-order valence-electron chi connectivity index (χ1n) is 15.0. The summed E-state index contributed by atoms with van der Waals surface area (Å²) in [6, 6.07) is 36.2. The smallest absolute Gasteiger partial charge is 0.0253 e. The van der Waals surface area contributed by atoms with E-state index in [-0.39, 0.29) is 35.6 Å². The topological polar surface area (TPSA) is 0 Å². The van der Waals surface area contributed by atoms with Crippen molar-refractivity contribution in [3.05, 3.63) is 154 Å². The molecule has 0 aromatic heterocycles. The molecular formula is C41H44Cl2Zr-2. The fraction of sp³-hybridized carbons (Fsp3) is 0.293. The van der Waals surface area contributed by atoms with Crippen molar-refractivity contribution < 1.29 is 49.0 Å². The SMILES string of the molecule is CC(C)(C)c1ccc([C](=[Zr+2])c2ccc(C(C)(C)C)cc2)cc1.CC1=CC(C)[C-]=C1.[Cl-].[Cl-].[c-]1cccc2c1Cc1ccccc1-2. The van der Waals surface area contributed by atoms with Gasteiger partial charge in [-0.25, -0.2) is 11.6 Å². The molecule has 0 spiro atoms. The standard InChI is InChI=1S/C21H26.C13H9.C7H9.2ClH.Zr/c1-20(2,3)18-11-7-16(8-12-18)15-17-9-13-19(14-10-17)21(4,5)6;1-3-7-12-10(5-1)9-11-6-2-4-8-13(11)12;1-6-3-4-7(2)5-6;;;/h7-14H,1-6H3;1-5,7-8H,9H2;3,5,7H,1-2H3;2*1H;/q;2*-1;;;+2/p-2. The molecule has 3 heteroatoms. The molecule has 228 valence electrons. The van der Waals surface area contributed by atoms with Gasteiger partial charge >= 0.3 is 151 Å². The van der Waals surface area contributed by atoms with Crippen LogP contribution in [0.1, 0.15) is 88.8 Å². The van der Waals surface area contributed by atoms with Crippen LogP contribution in [0.5, 0.6) is 0 Å². The van der Waals surface area contributed by atoms with E-state index < -0.39 is 0 Å². The summed E-state index contributed by atoms with van der Waals surface area (Å²) in [5.74, 6) is 0.556. The van der Waals surface area contributed by atoms with Gasteiger partial charge in [-0.05, 0) is 6.42 Å². The number of allylic oxidation sites excluding steroid dienone is 4. The zero-order valence-corrected chi connectivity index (χ0v) is 31.3.